The first kappa shape index (κ1) is 16.5. The van der Waals surface area contributed by atoms with Crippen LogP contribution in [0.5, 0.6) is 0 Å². The topological polar surface area (TPSA) is 76.0 Å². The van der Waals surface area contributed by atoms with E-state index in [-0.39, 0.29) is 10.9 Å². The molecule has 7 heteroatoms. The van der Waals surface area contributed by atoms with Crippen molar-refractivity contribution in [3.05, 3.63) is 12.4 Å². The summed E-state index contributed by atoms with van der Waals surface area (Å²) in [6.07, 6.45) is 7.34. The number of aromatic nitrogens is 2. The highest BCUT2D eigenvalue weighted by Crippen LogP contribution is 2.32. The van der Waals surface area contributed by atoms with Crippen LogP contribution in [0.4, 0.5) is 0 Å². The molecule has 0 spiro atoms. The van der Waals surface area contributed by atoms with Crippen molar-refractivity contribution >= 4 is 10.0 Å². The summed E-state index contributed by atoms with van der Waals surface area (Å²) < 4.78 is 28.9. The molecule has 1 heterocycles. The summed E-state index contributed by atoms with van der Waals surface area (Å²) in [6, 6.07) is 0.0107. The third kappa shape index (κ3) is 5.09. The SMILES string of the molecule is CCCNCCCn1cc(S(=O)(=O)NC(C)C2CC2)cn1. The van der Waals surface area contributed by atoms with Crippen molar-refractivity contribution in [1.29, 1.82) is 0 Å². The third-order valence-corrected chi connectivity index (χ3v) is 5.27. The highest BCUT2D eigenvalue weighted by molar-refractivity contribution is 7.89. The second-order valence-corrected chi connectivity index (χ2v) is 7.50. The van der Waals surface area contributed by atoms with Crippen molar-refractivity contribution in [2.75, 3.05) is 13.1 Å². The van der Waals surface area contributed by atoms with Crippen molar-refractivity contribution in [3.8, 4) is 0 Å². The van der Waals surface area contributed by atoms with Gasteiger partial charge >= 0.3 is 0 Å². The molecule has 21 heavy (non-hydrogen) atoms. The highest BCUT2D eigenvalue weighted by atomic mass is 32.2. The molecule has 1 aliphatic rings. The molecule has 2 N–H and O–H groups in total. The van der Waals surface area contributed by atoms with Gasteiger partial charge < -0.3 is 5.32 Å². The molecular weight excluding hydrogens is 288 g/mol. The summed E-state index contributed by atoms with van der Waals surface area (Å²) in [7, 11) is -3.43. The number of aryl methyl sites for hydroxylation is 1. The Labute approximate surface area is 127 Å². The molecule has 1 aromatic rings. The van der Waals surface area contributed by atoms with Crippen molar-refractivity contribution < 1.29 is 8.42 Å². The number of hydrogen-bond acceptors (Lipinski definition) is 4. The second-order valence-electron chi connectivity index (χ2n) is 5.79. The molecule has 1 saturated carbocycles. The van der Waals surface area contributed by atoms with Gasteiger partial charge in [0.15, 0.2) is 0 Å². The summed E-state index contributed by atoms with van der Waals surface area (Å²) in [5, 5.41) is 7.45. The lowest BCUT2D eigenvalue weighted by molar-refractivity contribution is 0.534. The normalized spacial score (nSPS) is 17.0. The van der Waals surface area contributed by atoms with E-state index in [4.69, 9.17) is 0 Å². The van der Waals surface area contributed by atoms with Crippen LogP contribution < -0.4 is 10.0 Å². The number of hydrogen-bond donors (Lipinski definition) is 2. The van der Waals surface area contributed by atoms with Gasteiger partial charge in [-0.25, -0.2) is 13.1 Å². The van der Waals surface area contributed by atoms with Gasteiger partial charge in [0.25, 0.3) is 0 Å². The first-order chi connectivity index (χ1) is 10.0. The van der Waals surface area contributed by atoms with Crippen molar-refractivity contribution in [1.82, 2.24) is 19.8 Å². The van der Waals surface area contributed by atoms with Crippen molar-refractivity contribution in [2.24, 2.45) is 5.92 Å². The molecule has 0 saturated heterocycles. The molecule has 6 nitrogen and oxygen atoms in total. The molecule has 0 aromatic carbocycles. The maximum Gasteiger partial charge on any atom is 0.243 e. The Hall–Kier alpha value is -0.920. The zero-order valence-electron chi connectivity index (χ0n) is 12.9. The van der Waals surface area contributed by atoms with Gasteiger partial charge in [0.2, 0.25) is 10.0 Å². The summed E-state index contributed by atoms with van der Waals surface area (Å²) in [4.78, 5) is 0.261. The van der Waals surface area contributed by atoms with Gasteiger partial charge in [0, 0.05) is 18.8 Å². The molecule has 120 valence electrons. The van der Waals surface area contributed by atoms with E-state index in [0.29, 0.717) is 5.92 Å². The molecule has 0 radical (unpaired) electrons. The molecule has 1 fully saturated rings. The molecule has 1 aliphatic carbocycles. The van der Waals surface area contributed by atoms with Crippen LogP contribution in [0.25, 0.3) is 0 Å². The van der Waals surface area contributed by atoms with E-state index >= 15 is 0 Å². The minimum absolute atomic E-state index is 0.0107. The van der Waals surface area contributed by atoms with E-state index in [1.54, 1.807) is 10.9 Å². The Morgan fingerprint density at radius 1 is 1.43 bits per heavy atom. The van der Waals surface area contributed by atoms with Crippen LogP contribution in [-0.4, -0.2) is 37.3 Å². The largest absolute Gasteiger partial charge is 0.317 e. The van der Waals surface area contributed by atoms with E-state index in [2.05, 4.69) is 22.1 Å². The first-order valence-electron chi connectivity index (χ1n) is 7.78. The Balaban J connectivity index is 1.83. The van der Waals surface area contributed by atoms with Crippen LogP contribution in [0.15, 0.2) is 17.3 Å². The maximum absolute atomic E-state index is 12.2. The number of nitrogens with one attached hydrogen (secondary N) is 2. The maximum atomic E-state index is 12.2. The average Bonchev–Trinajstić information content (AvgIpc) is 3.17. The predicted molar refractivity (Wildman–Crippen MR) is 82.5 cm³/mol. The summed E-state index contributed by atoms with van der Waals surface area (Å²) in [5.41, 5.74) is 0. The standard InChI is InChI=1S/C14H26N4O2S/c1-3-7-15-8-4-9-18-11-14(10-16-18)21(19,20)17-12(2)13-5-6-13/h10-13,15,17H,3-9H2,1-2H3. The summed E-state index contributed by atoms with van der Waals surface area (Å²) in [6.45, 7) is 6.73. The van der Waals surface area contributed by atoms with E-state index in [9.17, 15) is 8.42 Å². The zero-order chi connectivity index (χ0) is 15.3. The smallest absolute Gasteiger partial charge is 0.243 e. The van der Waals surface area contributed by atoms with E-state index in [1.807, 2.05) is 6.92 Å². The number of sulfonamides is 1. The molecule has 0 bridgehead atoms. The Morgan fingerprint density at radius 3 is 2.86 bits per heavy atom. The quantitative estimate of drug-likeness (QED) is 0.639. The van der Waals surface area contributed by atoms with Crippen LogP contribution in [-0.2, 0) is 16.6 Å². The van der Waals surface area contributed by atoms with Crippen LogP contribution >= 0.6 is 0 Å². The molecular formula is C14H26N4O2S. The predicted octanol–water partition coefficient (Wildman–Crippen LogP) is 1.35. The molecule has 1 atom stereocenters. The fourth-order valence-electron chi connectivity index (χ4n) is 2.28. The van der Waals surface area contributed by atoms with Crippen LogP contribution in [0.3, 0.4) is 0 Å². The number of nitrogens with zero attached hydrogens (tertiary/aromatic N) is 2. The fourth-order valence-corrected chi connectivity index (χ4v) is 3.54. The van der Waals surface area contributed by atoms with Crippen LogP contribution in [0.1, 0.15) is 39.5 Å². The van der Waals surface area contributed by atoms with Crippen molar-refractivity contribution in [3.63, 3.8) is 0 Å². The molecule has 1 unspecified atom stereocenters. The zero-order valence-corrected chi connectivity index (χ0v) is 13.7. The van der Waals surface area contributed by atoms with Gasteiger partial charge in [0.05, 0.1) is 6.20 Å². The highest BCUT2D eigenvalue weighted by Gasteiger charge is 2.31. The van der Waals surface area contributed by atoms with Crippen LogP contribution in [0, 0.1) is 5.92 Å². The van der Waals surface area contributed by atoms with Crippen molar-refractivity contribution in [2.45, 2.75) is 57.0 Å². The third-order valence-electron chi connectivity index (χ3n) is 3.76. The molecule has 2 rings (SSSR count). The van der Waals surface area contributed by atoms with Gasteiger partial charge in [-0.1, -0.05) is 6.92 Å². The van der Waals surface area contributed by atoms with Gasteiger partial charge in [-0.05, 0) is 51.6 Å². The lowest BCUT2D eigenvalue weighted by Gasteiger charge is -2.11. The lowest BCUT2D eigenvalue weighted by atomic mass is 10.2. The first-order valence-corrected chi connectivity index (χ1v) is 9.26. The minimum Gasteiger partial charge on any atom is -0.317 e. The molecule has 1 aromatic heterocycles. The molecule has 0 amide bonds. The van der Waals surface area contributed by atoms with Gasteiger partial charge in [-0.3, -0.25) is 4.68 Å². The summed E-state index contributed by atoms with van der Waals surface area (Å²) >= 11 is 0. The lowest BCUT2D eigenvalue weighted by Crippen LogP contribution is -2.33. The fraction of sp³-hybridized carbons (Fsp3) is 0.786. The number of rotatable bonds is 10. The van der Waals surface area contributed by atoms with E-state index in [0.717, 1.165) is 45.3 Å². The summed E-state index contributed by atoms with van der Waals surface area (Å²) in [5.74, 6) is 0.499. The monoisotopic (exact) mass is 314 g/mol. The minimum atomic E-state index is -3.43. The van der Waals surface area contributed by atoms with Gasteiger partial charge in [-0.15, -0.1) is 0 Å². The Bertz CT molecular complexity index is 537. The van der Waals surface area contributed by atoms with E-state index < -0.39 is 10.0 Å². The molecule has 0 aliphatic heterocycles. The second kappa shape index (κ2) is 7.38. The van der Waals surface area contributed by atoms with E-state index in [1.165, 1.54) is 6.20 Å². The van der Waals surface area contributed by atoms with Crippen LogP contribution in [0.2, 0.25) is 0 Å². The van der Waals surface area contributed by atoms with Gasteiger partial charge in [-0.2, -0.15) is 5.10 Å². The Kier molecular flexibility index (Phi) is 5.78. The van der Waals surface area contributed by atoms with Gasteiger partial charge in [0.1, 0.15) is 4.90 Å². The average molecular weight is 314 g/mol. The Morgan fingerprint density at radius 2 is 2.19 bits per heavy atom.